The third kappa shape index (κ3) is 5.69. The standard InChI is InChI=1S/C31H51N3O5/c1-7-11-13-19-33(18-10-4)29(38)26-31-22-23(5)30(6,39-31)24(27(36)32(16-8-2)17-9-3)25(31)28(37)34(26)20-14-12-15-21-35/h8,10,23-26,35H,2,4,7,9,11-22H2,1,3,5-6H3/t23?,24-,25-,26?,30+,31?/m0/s1. The van der Waals surface area contributed by atoms with Gasteiger partial charge in [0.2, 0.25) is 17.7 Å². The molecule has 3 fully saturated rings. The Kier molecular flexibility index (Phi) is 10.8. The first-order valence-corrected chi connectivity index (χ1v) is 15.1. The van der Waals surface area contributed by atoms with Crippen molar-refractivity contribution < 1.29 is 24.2 Å². The Morgan fingerprint density at radius 1 is 1.03 bits per heavy atom. The first kappa shape index (κ1) is 31.3. The van der Waals surface area contributed by atoms with Crippen molar-refractivity contribution in [3.8, 4) is 0 Å². The SMILES string of the molecule is C=CCN(CCCCC)C(=O)C1N(CCCCCO)C(=O)[C@@H]2[C@@H](C(=O)N(CC=C)CCC)[C@]3(C)OC12CC3C. The summed E-state index contributed by atoms with van der Waals surface area (Å²) in [6.07, 6.45) is 9.86. The highest BCUT2D eigenvalue weighted by Crippen LogP contribution is 2.65. The van der Waals surface area contributed by atoms with E-state index in [-0.39, 0.29) is 30.2 Å². The molecule has 1 N–H and O–H groups in total. The molecule has 3 amide bonds. The molecule has 0 aliphatic carbocycles. The van der Waals surface area contributed by atoms with Crippen LogP contribution in [0.1, 0.15) is 79.1 Å². The molecule has 220 valence electrons. The summed E-state index contributed by atoms with van der Waals surface area (Å²) in [5.74, 6) is -1.65. The lowest BCUT2D eigenvalue weighted by Gasteiger charge is -2.39. The van der Waals surface area contributed by atoms with Crippen molar-refractivity contribution in [2.24, 2.45) is 17.8 Å². The predicted octanol–water partition coefficient (Wildman–Crippen LogP) is 3.79. The summed E-state index contributed by atoms with van der Waals surface area (Å²) in [5.41, 5.74) is -1.85. The lowest BCUT2D eigenvalue weighted by molar-refractivity contribution is -0.154. The number of amides is 3. The minimum atomic E-state index is -1.03. The Labute approximate surface area is 235 Å². The van der Waals surface area contributed by atoms with Crippen LogP contribution in [0, 0.1) is 17.8 Å². The number of unbranched alkanes of at least 4 members (excludes halogenated alkanes) is 4. The lowest BCUT2D eigenvalue weighted by atomic mass is 9.62. The molecule has 0 radical (unpaired) electrons. The van der Waals surface area contributed by atoms with Crippen LogP contribution in [0.15, 0.2) is 25.3 Å². The molecule has 8 nitrogen and oxygen atoms in total. The van der Waals surface area contributed by atoms with Crippen LogP contribution in [0.4, 0.5) is 0 Å². The normalized spacial score (nSPS) is 30.9. The summed E-state index contributed by atoms with van der Waals surface area (Å²) in [7, 11) is 0. The van der Waals surface area contributed by atoms with Crippen LogP contribution in [-0.2, 0) is 19.1 Å². The molecule has 0 aromatic rings. The minimum Gasteiger partial charge on any atom is -0.396 e. The molecule has 3 rings (SSSR count). The van der Waals surface area contributed by atoms with Crippen LogP contribution >= 0.6 is 0 Å². The summed E-state index contributed by atoms with van der Waals surface area (Å²) < 4.78 is 6.89. The second-order valence-corrected chi connectivity index (χ2v) is 11.9. The van der Waals surface area contributed by atoms with Crippen molar-refractivity contribution >= 4 is 17.7 Å². The molecule has 3 unspecified atom stereocenters. The molecule has 39 heavy (non-hydrogen) atoms. The zero-order valence-electron chi connectivity index (χ0n) is 24.7. The van der Waals surface area contributed by atoms with E-state index in [0.717, 1.165) is 32.1 Å². The van der Waals surface area contributed by atoms with Gasteiger partial charge in [0.1, 0.15) is 11.6 Å². The Morgan fingerprint density at radius 3 is 2.28 bits per heavy atom. The number of aliphatic hydroxyl groups is 1. The zero-order valence-corrected chi connectivity index (χ0v) is 24.7. The monoisotopic (exact) mass is 545 g/mol. The van der Waals surface area contributed by atoms with E-state index in [9.17, 15) is 19.5 Å². The van der Waals surface area contributed by atoms with Crippen molar-refractivity contribution in [1.82, 2.24) is 14.7 Å². The summed E-state index contributed by atoms with van der Waals surface area (Å²) in [6.45, 7) is 18.4. The van der Waals surface area contributed by atoms with E-state index in [2.05, 4.69) is 27.0 Å². The zero-order chi connectivity index (χ0) is 28.8. The molecule has 1 spiro atoms. The van der Waals surface area contributed by atoms with Crippen LogP contribution < -0.4 is 0 Å². The third-order valence-electron chi connectivity index (χ3n) is 9.22. The van der Waals surface area contributed by atoms with Gasteiger partial charge < -0.3 is 24.5 Å². The lowest BCUT2D eigenvalue weighted by Crippen LogP contribution is -2.57. The number of carbonyl (C=O) groups is 3. The first-order valence-electron chi connectivity index (χ1n) is 15.1. The summed E-state index contributed by atoms with van der Waals surface area (Å²) >= 11 is 0. The topological polar surface area (TPSA) is 90.4 Å². The van der Waals surface area contributed by atoms with Crippen LogP contribution in [0.3, 0.4) is 0 Å². The van der Waals surface area contributed by atoms with Gasteiger partial charge in [-0.05, 0) is 51.4 Å². The molecule has 3 saturated heterocycles. The number of hydrogen-bond donors (Lipinski definition) is 1. The van der Waals surface area contributed by atoms with E-state index >= 15 is 0 Å². The van der Waals surface area contributed by atoms with Gasteiger partial charge in [-0.15, -0.1) is 13.2 Å². The number of fused-ring (bicyclic) bond motifs is 1. The Balaban J connectivity index is 2.05. The fraction of sp³-hybridized carbons (Fsp3) is 0.774. The average Bonchev–Trinajstić information content (AvgIpc) is 3.42. The second-order valence-electron chi connectivity index (χ2n) is 11.9. The van der Waals surface area contributed by atoms with Gasteiger partial charge in [0.05, 0.1) is 17.4 Å². The van der Waals surface area contributed by atoms with Gasteiger partial charge in [-0.3, -0.25) is 14.4 Å². The highest BCUT2D eigenvalue weighted by Gasteiger charge is 2.80. The quantitative estimate of drug-likeness (QED) is 0.222. The molecule has 3 aliphatic rings. The van der Waals surface area contributed by atoms with E-state index in [1.807, 2.05) is 18.7 Å². The van der Waals surface area contributed by atoms with Gasteiger partial charge in [-0.2, -0.15) is 0 Å². The maximum atomic E-state index is 14.4. The molecule has 8 heteroatoms. The van der Waals surface area contributed by atoms with Crippen LogP contribution in [0.2, 0.25) is 0 Å². The van der Waals surface area contributed by atoms with E-state index < -0.39 is 29.1 Å². The van der Waals surface area contributed by atoms with E-state index in [4.69, 9.17) is 4.74 Å². The Hall–Kier alpha value is -2.19. The number of hydrogen-bond acceptors (Lipinski definition) is 5. The number of aliphatic hydroxyl groups excluding tert-OH is 1. The minimum absolute atomic E-state index is 0.0142. The van der Waals surface area contributed by atoms with Crippen molar-refractivity contribution in [2.45, 2.75) is 96.3 Å². The Morgan fingerprint density at radius 2 is 1.69 bits per heavy atom. The van der Waals surface area contributed by atoms with Crippen LogP contribution in [0.5, 0.6) is 0 Å². The van der Waals surface area contributed by atoms with E-state index in [1.165, 1.54) is 0 Å². The first-order chi connectivity index (χ1) is 18.7. The van der Waals surface area contributed by atoms with Crippen molar-refractivity contribution in [3.63, 3.8) is 0 Å². The fourth-order valence-corrected chi connectivity index (χ4v) is 7.29. The number of nitrogens with zero attached hydrogens (tertiary/aromatic N) is 3. The molecule has 3 heterocycles. The van der Waals surface area contributed by atoms with Gasteiger partial charge >= 0.3 is 0 Å². The predicted molar refractivity (Wildman–Crippen MR) is 153 cm³/mol. The average molecular weight is 546 g/mol. The summed E-state index contributed by atoms with van der Waals surface area (Å²) in [5, 5.41) is 9.27. The van der Waals surface area contributed by atoms with Gasteiger partial charge in [0.15, 0.2) is 0 Å². The highest BCUT2D eigenvalue weighted by molar-refractivity contribution is 5.99. The molecular weight excluding hydrogens is 494 g/mol. The van der Waals surface area contributed by atoms with E-state index in [1.54, 1.807) is 22.0 Å². The molecule has 0 saturated carbocycles. The van der Waals surface area contributed by atoms with Gasteiger partial charge in [-0.1, -0.05) is 45.8 Å². The van der Waals surface area contributed by atoms with Crippen molar-refractivity contribution in [2.75, 3.05) is 39.3 Å². The molecular formula is C31H51N3O5. The van der Waals surface area contributed by atoms with Gasteiger partial charge in [0, 0.05) is 39.3 Å². The fourth-order valence-electron chi connectivity index (χ4n) is 7.29. The van der Waals surface area contributed by atoms with Crippen LogP contribution in [-0.4, -0.2) is 94.1 Å². The number of rotatable bonds is 17. The highest BCUT2D eigenvalue weighted by atomic mass is 16.5. The number of ether oxygens (including phenoxy) is 1. The largest absolute Gasteiger partial charge is 0.396 e. The maximum absolute atomic E-state index is 14.4. The van der Waals surface area contributed by atoms with Crippen molar-refractivity contribution in [3.05, 3.63) is 25.3 Å². The summed E-state index contributed by atoms with van der Waals surface area (Å²) in [4.78, 5) is 48.1. The second kappa shape index (κ2) is 13.4. The number of carbonyl (C=O) groups excluding carboxylic acids is 3. The van der Waals surface area contributed by atoms with Gasteiger partial charge in [-0.25, -0.2) is 0 Å². The molecule has 6 atom stereocenters. The molecule has 0 aromatic carbocycles. The number of likely N-dealkylation sites (tertiary alicyclic amines) is 1. The third-order valence-corrected chi connectivity index (χ3v) is 9.22. The molecule has 2 bridgehead atoms. The van der Waals surface area contributed by atoms with Crippen LogP contribution in [0.25, 0.3) is 0 Å². The van der Waals surface area contributed by atoms with Crippen molar-refractivity contribution in [1.29, 1.82) is 0 Å². The van der Waals surface area contributed by atoms with E-state index in [0.29, 0.717) is 52.0 Å². The molecule has 0 aromatic heterocycles. The molecule has 3 aliphatic heterocycles. The maximum Gasteiger partial charge on any atom is 0.248 e. The van der Waals surface area contributed by atoms with Gasteiger partial charge in [0.25, 0.3) is 0 Å². The Bertz CT molecular complexity index is 909. The smallest absolute Gasteiger partial charge is 0.248 e. The summed E-state index contributed by atoms with van der Waals surface area (Å²) in [6, 6.07) is -0.771.